The van der Waals surface area contributed by atoms with Gasteiger partial charge in [-0.2, -0.15) is 0 Å². The van der Waals surface area contributed by atoms with Crippen molar-refractivity contribution in [2.24, 2.45) is 0 Å². The fraction of sp³-hybridized carbons (Fsp3) is 0.908. The first-order chi connectivity index (χ1) is 41.5. The number of carbonyl (C=O) groups is 1. The molecule has 0 aromatic rings. The molecule has 85 heavy (non-hydrogen) atoms. The molecule has 0 aliphatic heterocycles. The number of aliphatic hydroxyl groups is 1. The highest BCUT2D eigenvalue weighted by Gasteiger charge is 2.28. The zero-order valence-corrected chi connectivity index (χ0v) is 58.8. The van der Waals surface area contributed by atoms with E-state index in [1.54, 1.807) is 0 Å². The molecule has 0 saturated heterocycles. The van der Waals surface area contributed by atoms with Gasteiger partial charge in [0.1, 0.15) is 13.2 Å². The van der Waals surface area contributed by atoms with Crippen molar-refractivity contribution in [3.8, 4) is 0 Å². The smallest absolute Gasteiger partial charge is 0.391 e. The fourth-order valence-corrected chi connectivity index (χ4v) is 12.5. The van der Waals surface area contributed by atoms with Crippen molar-refractivity contribution in [2.75, 3.05) is 40.9 Å². The highest BCUT2D eigenvalue weighted by Crippen LogP contribution is 2.43. The van der Waals surface area contributed by atoms with Crippen molar-refractivity contribution in [3.63, 3.8) is 0 Å². The summed E-state index contributed by atoms with van der Waals surface area (Å²) in [7, 11) is 1.64. The van der Waals surface area contributed by atoms with Gasteiger partial charge in [-0.1, -0.05) is 371 Å². The predicted molar refractivity (Wildman–Crippen MR) is 374 cm³/mol. The van der Waals surface area contributed by atoms with Crippen LogP contribution >= 0.6 is 7.82 Å². The van der Waals surface area contributed by atoms with Crippen LogP contribution in [0.3, 0.4) is 0 Å². The number of rotatable bonds is 71. The third kappa shape index (κ3) is 70.0. The molecule has 0 rings (SSSR count). The number of likely N-dealkylation sites (N-methyl/N-ethyl adjacent to an activating group) is 1. The Kier molecular flexibility index (Phi) is 66.1. The number of hydrogen-bond donors (Lipinski definition) is 3. The second-order valence-corrected chi connectivity index (χ2v) is 28.8. The Labute approximate surface area is 531 Å². The van der Waals surface area contributed by atoms with Crippen LogP contribution in [0.4, 0.5) is 0 Å². The second-order valence-electron chi connectivity index (χ2n) is 27.4. The first-order valence-electron chi connectivity index (χ1n) is 37.9. The summed E-state index contributed by atoms with van der Waals surface area (Å²) in [5.74, 6) is -0.135. The molecule has 0 radical (unpaired) electrons. The van der Waals surface area contributed by atoms with Gasteiger partial charge in [-0.25, -0.2) is 4.57 Å². The van der Waals surface area contributed by atoms with Crippen molar-refractivity contribution in [1.82, 2.24) is 5.32 Å². The van der Waals surface area contributed by atoms with Crippen LogP contribution in [0.1, 0.15) is 393 Å². The molecule has 3 atom stereocenters. The maximum absolute atomic E-state index is 13.1. The fourth-order valence-electron chi connectivity index (χ4n) is 11.8. The lowest BCUT2D eigenvalue weighted by Gasteiger charge is -2.26. The number of phosphoric acid groups is 1. The number of carbonyl (C=O) groups excluding carboxylic acids is 1. The monoisotopic (exact) mass is 1220 g/mol. The molecule has 0 saturated carbocycles. The van der Waals surface area contributed by atoms with Gasteiger partial charge in [0.15, 0.2) is 0 Å². The van der Waals surface area contributed by atoms with Gasteiger partial charge in [0.25, 0.3) is 0 Å². The Balaban J connectivity index is 3.94. The lowest BCUT2D eigenvalue weighted by molar-refractivity contribution is -0.870. The molecular formula is C76H150N2O6P+. The van der Waals surface area contributed by atoms with Gasteiger partial charge >= 0.3 is 7.82 Å². The zero-order chi connectivity index (χ0) is 61.9. The molecule has 504 valence electrons. The molecule has 0 aromatic heterocycles. The minimum Gasteiger partial charge on any atom is -0.391 e. The summed E-state index contributed by atoms with van der Waals surface area (Å²) in [5, 5.41) is 14.2. The number of quaternary nitrogens is 1. The SMILES string of the molecule is CCCCCCC/C=C\C/C=C\C/C=C\CCCCCCCCCCCCCCCCCCCCCCCCC(=O)NC(COP(=O)(O)OCC[N+](C)(C)C)C(O)CCCCCCCCCCCCCCCCCCCCCCCCCCCC. The van der Waals surface area contributed by atoms with Crippen LogP contribution in [0.5, 0.6) is 0 Å². The average Bonchev–Trinajstić information content (AvgIpc) is 3.49. The molecule has 8 nitrogen and oxygen atoms in total. The number of phosphoric ester groups is 1. The number of hydrogen-bond acceptors (Lipinski definition) is 5. The van der Waals surface area contributed by atoms with E-state index < -0.39 is 20.0 Å². The summed E-state index contributed by atoms with van der Waals surface area (Å²) in [4.78, 5) is 23.5. The lowest BCUT2D eigenvalue weighted by Crippen LogP contribution is -2.46. The summed E-state index contributed by atoms with van der Waals surface area (Å²) in [6.07, 6.45) is 89.8. The van der Waals surface area contributed by atoms with Gasteiger partial charge in [0.05, 0.1) is 39.9 Å². The summed E-state index contributed by atoms with van der Waals surface area (Å²) >= 11 is 0. The van der Waals surface area contributed by atoms with Crippen LogP contribution in [0, 0.1) is 0 Å². The van der Waals surface area contributed by atoms with Gasteiger partial charge in [-0.3, -0.25) is 13.8 Å². The van der Waals surface area contributed by atoms with Crippen molar-refractivity contribution in [1.29, 1.82) is 0 Å². The summed E-state index contributed by atoms with van der Waals surface area (Å²) in [6.45, 7) is 4.94. The Morgan fingerprint density at radius 2 is 0.671 bits per heavy atom. The van der Waals surface area contributed by atoms with Crippen LogP contribution in [0.25, 0.3) is 0 Å². The Hall–Kier alpha value is -1.28. The van der Waals surface area contributed by atoms with E-state index in [0.717, 1.165) is 51.4 Å². The Morgan fingerprint density at radius 3 is 0.976 bits per heavy atom. The predicted octanol–water partition coefficient (Wildman–Crippen LogP) is 24.4. The van der Waals surface area contributed by atoms with Crippen LogP contribution in [0.2, 0.25) is 0 Å². The molecule has 1 amide bonds. The van der Waals surface area contributed by atoms with Gasteiger partial charge in [0, 0.05) is 6.42 Å². The van der Waals surface area contributed by atoms with Crippen LogP contribution < -0.4 is 5.32 Å². The van der Waals surface area contributed by atoms with E-state index in [0.29, 0.717) is 23.9 Å². The van der Waals surface area contributed by atoms with Gasteiger partial charge < -0.3 is 19.8 Å². The maximum Gasteiger partial charge on any atom is 0.472 e. The normalized spacial score (nSPS) is 13.7. The van der Waals surface area contributed by atoms with Crippen molar-refractivity contribution in [2.45, 2.75) is 405 Å². The van der Waals surface area contributed by atoms with E-state index in [4.69, 9.17) is 9.05 Å². The molecule has 9 heteroatoms. The zero-order valence-electron chi connectivity index (χ0n) is 57.9. The van der Waals surface area contributed by atoms with Crippen LogP contribution in [0.15, 0.2) is 36.5 Å². The maximum atomic E-state index is 13.1. The Bertz CT molecular complexity index is 1480. The molecule has 0 bridgehead atoms. The molecule has 3 unspecified atom stereocenters. The van der Waals surface area contributed by atoms with E-state index in [2.05, 4.69) is 55.6 Å². The van der Waals surface area contributed by atoms with Crippen molar-refractivity contribution >= 4 is 13.7 Å². The highest BCUT2D eigenvalue weighted by atomic mass is 31.2. The lowest BCUT2D eigenvalue weighted by atomic mass is 10.0. The summed E-state index contributed by atoms with van der Waals surface area (Å²) < 4.78 is 23.9. The van der Waals surface area contributed by atoms with Crippen molar-refractivity contribution < 1.29 is 32.9 Å². The standard InChI is InChI=1S/C76H149N2O6P/c1-6-8-10-12-14-16-18-20-22-24-26-28-30-32-34-35-36-37-38-39-40-41-42-43-44-46-48-50-52-54-56-58-60-62-64-66-68-70-76(80)77-74(73-84-85(81,82)83-72-71-78(3,4)5)75(79)69-67-65-63-61-59-57-55-53-51-49-47-45-33-31-29-27-25-23-21-19-17-15-13-11-9-7-2/h18,20,24,26,30,32,74-75,79H,6-17,19,21-23,25,27-29,31,33-73H2,1-5H3,(H-,77,80,81,82)/p+1/b20-18-,26-24-,32-30-. The third-order valence-corrected chi connectivity index (χ3v) is 18.6. The molecule has 0 aromatic carbocycles. The molecule has 0 heterocycles. The van der Waals surface area contributed by atoms with E-state index in [1.165, 1.54) is 315 Å². The number of unbranched alkanes of at least 4 members (excludes halogenated alkanes) is 52. The van der Waals surface area contributed by atoms with E-state index >= 15 is 0 Å². The number of allylic oxidation sites excluding steroid dienone is 6. The molecule has 3 N–H and O–H groups in total. The third-order valence-electron chi connectivity index (χ3n) is 17.6. The van der Waals surface area contributed by atoms with E-state index in [1.807, 2.05) is 21.1 Å². The second kappa shape index (κ2) is 67.1. The van der Waals surface area contributed by atoms with E-state index in [9.17, 15) is 19.4 Å². The van der Waals surface area contributed by atoms with Gasteiger partial charge in [0.2, 0.25) is 5.91 Å². The first-order valence-corrected chi connectivity index (χ1v) is 39.3. The van der Waals surface area contributed by atoms with Crippen molar-refractivity contribution in [3.05, 3.63) is 36.5 Å². The minimum absolute atomic E-state index is 0.0773. The van der Waals surface area contributed by atoms with E-state index in [-0.39, 0.29) is 19.1 Å². The largest absolute Gasteiger partial charge is 0.472 e. The summed E-state index contributed by atoms with van der Waals surface area (Å²) in [5.41, 5.74) is 0. The molecule has 0 fully saturated rings. The number of aliphatic hydroxyl groups excluding tert-OH is 1. The molecule has 0 aliphatic rings. The quantitative estimate of drug-likeness (QED) is 0.0243. The number of nitrogens with zero attached hydrogens (tertiary/aromatic N) is 1. The molecular weight excluding hydrogens is 1070 g/mol. The summed E-state index contributed by atoms with van der Waals surface area (Å²) in [6, 6.07) is -0.760. The topological polar surface area (TPSA) is 105 Å². The average molecular weight is 1220 g/mol. The van der Waals surface area contributed by atoms with Gasteiger partial charge in [-0.05, 0) is 51.4 Å². The van der Waals surface area contributed by atoms with Gasteiger partial charge in [-0.15, -0.1) is 0 Å². The number of amides is 1. The van der Waals surface area contributed by atoms with Crippen LogP contribution in [-0.4, -0.2) is 73.4 Å². The molecule has 0 spiro atoms. The highest BCUT2D eigenvalue weighted by molar-refractivity contribution is 7.47. The molecule has 0 aliphatic carbocycles. The Morgan fingerprint density at radius 1 is 0.400 bits per heavy atom. The number of nitrogens with one attached hydrogen (secondary N) is 1. The van der Waals surface area contributed by atoms with Crippen LogP contribution in [-0.2, 0) is 18.4 Å². The minimum atomic E-state index is -4.33. The first kappa shape index (κ1) is 83.7.